The number of sulfonamides is 1. The fourth-order valence-electron chi connectivity index (χ4n) is 1.88. The van der Waals surface area contributed by atoms with Gasteiger partial charge in [0.2, 0.25) is 0 Å². The fraction of sp³-hybridized carbons (Fsp3) is 0.143. The second kappa shape index (κ2) is 6.79. The monoisotopic (exact) mass is 358 g/mol. The Balaban J connectivity index is 2.39. The zero-order valence-electron chi connectivity index (χ0n) is 12.3. The molecular weight excluding hydrogens is 346 g/mol. The molecule has 0 amide bonds. The molecule has 2 rings (SSSR count). The van der Waals surface area contributed by atoms with E-state index in [0.717, 1.165) is 18.2 Å². The van der Waals surface area contributed by atoms with Crippen LogP contribution in [0.25, 0.3) is 0 Å². The highest BCUT2D eigenvalue weighted by Gasteiger charge is 2.20. The number of rotatable bonds is 6. The Morgan fingerprint density at radius 3 is 2.54 bits per heavy atom. The summed E-state index contributed by atoms with van der Waals surface area (Å²) in [7, 11) is -4.22. The average Bonchev–Trinajstić information content (AvgIpc) is 2.49. The molecule has 0 aliphatic carbocycles. The first-order chi connectivity index (χ1) is 11.2. The number of nitro benzene ring substituents is 1. The van der Waals surface area contributed by atoms with Crippen molar-refractivity contribution in [3.05, 3.63) is 58.1 Å². The topological polar surface area (TPSA) is 98.5 Å². The third kappa shape index (κ3) is 4.16. The summed E-state index contributed by atoms with van der Waals surface area (Å²) in [5.41, 5.74) is -0.0258. The average molecular weight is 358 g/mol. The Hall–Kier alpha value is -2.75. The van der Waals surface area contributed by atoms with E-state index in [0.29, 0.717) is 5.56 Å². The van der Waals surface area contributed by atoms with Gasteiger partial charge >= 0.3 is 6.61 Å². The highest BCUT2D eigenvalue weighted by Crippen LogP contribution is 2.30. The highest BCUT2D eigenvalue weighted by molar-refractivity contribution is 7.92. The van der Waals surface area contributed by atoms with E-state index in [1.165, 1.54) is 24.3 Å². The molecule has 128 valence electrons. The van der Waals surface area contributed by atoms with E-state index in [9.17, 15) is 27.3 Å². The van der Waals surface area contributed by atoms with Gasteiger partial charge in [0, 0.05) is 12.1 Å². The van der Waals surface area contributed by atoms with Crippen molar-refractivity contribution in [2.75, 3.05) is 4.72 Å². The first-order valence-corrected chi connectivity index (χ1v) is 8.00. The van der Waals surface area contributed by atoms with E-state index >= 15 is 0 Å². The number of ether oxygens (including phenoxy) is 1. The quantitative estimate of drug-likeness (QED) is 0.631. The van der Waals surface area contributed by atoms with Crippen LogP contribution in [0.2, 0.25) is 0 Å². The summed E-state index contributed by atoms with van der Waals surface area (Å²) in [4.78, 5) is 9.62. The zero-order chi connectivity index (χ0) is 17.9. The number of nitrogens with one attached hydrogen (secondary N) is 1. The van der Waals surface area contributed by atoms with Crippen LogP contribution in [0, 0.1) is 17.0 Å². The predicted molar refractivity (Wildman–Crippen MR) is 81.7 cm³/mol. The van der Waals surface area contributed by atoms with Gasteiger partial charge in [0.15, 0.2) is 0 Å². The summed E-state index contributed by atoms with van der Waals surface area (Å²) in [5, 5.41) is 10.7. The molecule has 0 aromatic heterocycles. The number of alkyl halides is 2. The van der Waals surface area contributed by atoms with Gasteiger partial charge in [-0.2, -0.15) is 8.78 Å². The summed E-state index contributed by atoms with van der Waals surface area (Å²) >= 11 is 0. The van der Waals surface area contributed by atoms with Gasteiger partial charge in [-0.15, -0.1) is 0 Å². The van der Waals surface area contributed by atoms with Crippen molar-refractivity contribution in [1.82, 2.24) is 0 Å². The van der Waals surface area contributed by atoms with Crippen molar-refractivity contribution in [1.29, 1.82) is 0 Å². The Kier molecular flexibility index (Phi) is 4.98. The second-order valence-electron chi connectivity index (χ2n) is 4.74. The maximum absolute atomic E-state index is 12.5. The summed E-state index contributed by atoms with van der Waals surface area (Å²) in [6, 6.07) is 8.37. The van der Waals surface area contributed by atoms with Gasteiger partial charge in [0.25, 0.3) is 15.7 Å². The molecule has 0 aliphatic rings. The van der Waals surface area contributed by atoms with Crippen LogP contribution >= 0.6 is 0 Å². The van der Waals surface area contributed by atoms with Crippen molar-refractivity contribution in [2.45, 2.75) is 18.4 Å². The third-order valence-corrected chi connectivity index (χ3v) is 4.30. The van der Waals surface area contributed by atoms with Gasteiger partial charge in [-0.05, 0) is 30.7 Å². The maximum atomic E-state index is 12.5. The highest BCUT2D eigenvalue weighted by atomic mass is 32.2. The molecule has 0 spiro atoms. The van der Waals surface area contributed by atoms with Crippen LogP contribution in [-0.4, -0.2) is 20.0 Å². The third-order valence-electron chi connectivity index (χ3n) is 2.94. The van der Waals surface area contributed by atoms with E-state index in [1.807, 2.05) is 0 Å². The molecule has 0 saturated heterocycles. The van der Waals surface area contributed by atoms with E-state index in [-0.39, 0.29) is 16.3 Å². The molecule has 0 heterocycles. The summed E-state index contributed by atoms with van der Waals surface area (Å²) < 4.78 is 56.0. The van der Waals surface area contributed by atoms with Crippen molar-refractivity contribution in [3.63, 3.8) is 0 Å². The van der Waals surface area contributed by atoms with Crippen molar-refractivity contribution in [3.8, 4) is 5.75 Å². The van der Waals surface area contributed by atoms with E-state index < -0.39 is 27.2 Å². The molecule has 2 aromatic carbocycles. The molecule has 0 bridgehead atoms. The number of non-ortho nitro benzene ring substituents is 1. The van der Waals surface area contributed by atoms with Gasteiger partial charge in [-0.25, -0.2) is 8.42 Å². The van der Waals surface area contributed by atoms with Crippen LogP contribution in [-0.2, 0) is 10.0 Å². The van der Waals surface area contributed by atoms with E-state index in [1.54, 1.807) is 6.92 Å². The van der Waals surface area contributed by atoms with Gasteiger partial charge in [-0.3, -0.25) is 14.8 Å². The molecule has 10 heteroatoms. The SMILES string of the molecule is Cc1ccc(NS(=O)(=O)c2cccc([N+](=O)[O-])c2)c(OC(F)F)c1. The van der Waals surface area contributed by atoms with E-state index in [2.05, 4.69) is 9.46 Å². The summed E-state index contributed by atoms with van der Waals surface area (Å²) in [5.74, 6) is -0.348. The predicted octanol–water partition coefficient (Wildman–Crippen LogP) is 3.31. The minimum absolute atomic E-state index is 0.201. The van der Waals surface area contributed by atoms with Crippen molar-refractivity contribution < 1.29 is 26.9 Å². The number of nitrogens with zero attached hydrogens (tertiary/aromatic N) is 1. The molecule has 0 aliphatic heterocycles. The summed E-state index contributed by atoms with van der Waals surface area (Å²) in [6.45, 7) is -1.51. The molecule has 0 unspecified atom stereocenters. The lowest BCUT2D eigenvalue weighted by Gasteiger charge is -2.13. The number of halogens is 2. The van der Waals surface area contributed by atoms with Crippen LogP contribution in [0.5, 0.6) is 5.75 Å². The first-order valence-electron chi connectivity index (χ1n) is 6.52. The molecule has 0 fully saturated rings. The molecule has 0 atom stereocenters. The van der Waals surface area contributed by atoms with Gasteiger partial charge in [0.1, 0.15) is 5.75 Å². The van der Waals surface area contributed by atoms with Crippen LogP contribution < -0.4 is 9.46 Å². The molecule has 2 aromatic rings. The van der Waals surface area contributed by atoms with Crippen molar-refractivity contribution >= 4 is 21.4 Å². The van der Waals surface area contributed by atoms with Crippen LogP contribution in [0.4, 0.5) is 20.2 Å². The lowest BCUT2D eigenvalue weighted by atomic mass is 10.2. The van der Waals surface area contributed by atoms with Crippen LogP contribution in [0.15, 0.2) is 47.4 Å². The fourth-order valence-corrected chi connectivity index (χ4v) is 2.98. The lowest BCUT2D eigenvalue weighted by Crippen LogP contribution is -2.15. The minimum atomic E-state index is -4.22. The molecule has 7 nitrogen and oxygen atoms in total. The Morgan fingerprint density at radius 2 is 1.92 bits per heavy atom. The zero-order valence-corrected chi connectivity index (χ0v) is 13.1. The lowest BCUT2D eigenvalue weighted by molar-refractivity contribution is -0.385. The number of benzene rings is 2. The number of hydrogen-bond acceptors (Lipinski definition) is 5. The van der Waals surface area contributed by atoms with Gasteiger partial charge in [-0.1, -0.05) is 12.1 Å². The summed E-state index contributed by atoms with van der Waals surface area (Å²) in [6.07, 6.45) is 0. The number of nitro groups is 1. The minimum Gasteiger partial charge on any atom is -0.433 e. The molecule has 0 radical (unpaired) electrons. The van der Waals surface area contributed by atoms with E-state index in [4.69, 9.17) is 0 Å². The van der Waals surface area contributed by atoms with Crippen molar-refractivity contribution in [2.24, 2.45) is 0 Å². The Bertz CT molecular complexity index is 871. The standard InChI is InChI=1S/C14H12F2N2O5S/c1-9-5-6-12(13(7-9)23-14(15)16)17-24(21,22)11-4-2-3-10(8-11)18(19)20/h2-8,14,17H,1H3. The smallest absolute Gasteiger partial charge is 0.387 e. The first kappa shape index (κ1) is 17.6. The maximum Gasteiger partial charge on any atom is 0.387 e. The number of hydrogen-bond donors (Lipinski definition) is 1. The second-order valence-corrected chi connectivity index (χ2v) is 6.42. The number of aryl methyl sites for hydroxylation is 1. The Labute approximate surface area is 136 Å². The van der Waals surface area contributed by atoms with Gasteiger partial charge in [0.05, 0.1) is 15.5 Å². The van der Waals surface area contributed by atoms with Crippen LogP contribution in [0.3, 0.4) is 0 Å². The molecule has 24 heavy (non-hydrogen) atoms. The Morgan fingerprint density at radius 1 is 1.21 bits per heavy atom. The largest absolute Gasteiger partial charge is 0.433 e. The molecule has 0 saturated carbocycles. The van der Waals surface area contributed by atoms with Crippen LogP contribution in [0.1, 0.15) is 5.56 Å². The number of anilines is 1. The normalized spacial score (nSPS) is 11.3. The molecule has 1 N–H and O–H groups in total. The van der Waals surface area contributed by atoms with Gasteiger partial charge < -0.3 is 4.74 Å². The molecular formula is C14H12F2N2O5S.